The first kappa shape index (κ1) is 73.0. The largest absolute Gasteiger partial charge is 1.00 e. The van der Waals surface area contributed by atoms with Gasteiger partial charge in [0, 0.05) is 23.5 Å². The monoisotopic (exact) mass is 1190 g/mol. The molecular weight excluding hydrogens is 1170 g/mol. The Hall–Kier alpha value is -1.03. The van der Waals surface area contributed by atoms with E-state index in [1.54, 1.807) is 0 Å². The molecule has 0 saturated carbocycles. The molecule has 0 fully saturated rings. The molecule has 0 unspecified atom stereocenters. The van der Waals surface area contributed by atoms with E-state index in [4.69, 9.17) is 10.8 Å². The normalized spacial score (nSPS) is 15.7. The van der Waals surface area contributed by atoms with Crippen molar-refractivity contribution in [3.05, 3.63) is 126 Å². The van der Waals surface area contributed by atoms with Crippen molar-refractivity contribution >= 4 is 112 Å². The number of carbonyl (C=O) groups is 3. The number of benzene rings is 2. The predicted octanol–water partition coefficient (Wildman–Crippen LogP) is -19.7. The molecule has 0 radical (unpaired) electrons. The van der Waals surface area contributed by atoms with Crippen LogP contribution in [0, 0.1) is 10.8 Å². The average Bonchev–Trinajstić information content (AvgIpc) is 3.18. The third kappa shape index (κ3) is 17.0. The number of carbonyl (C=O) groups excluding carboxylic acids is 3. The molecule has 0 aliphatic heterocycles. The fourth-order valence-corrected chi connectivity index (χ4v) is 9.83. The third-order valence-electron chi connectivity index (χ3n) is 9.06. The number of fused-ring (bicyclic) bond motifs is 2. The predicted molar refractivity (Wildman–Crippen MR) is 222 cm³/mol. The van der Waals surface area contributed by atoms with Gasteiger partial charge in [-0.15, -0.1) is 0 Å². The number of hydrogen-bond donors (Lipinski definition) is 8. The molecule has 0 aromatic heterocycles. The molecule has 0 bridgehead atoms. The molecule has 2 aromatic carbocycles. The molecule has 360 valence electrons. The molecule has 0 atom stereocenters. The number of amides is 2. The Morgan fingerprint density at radius 2 is 0.730 bits per heavy atom. The molecule has 74 heavy (non-hydrogen) atoms. The number of anilines is 4. The van der Waals surface area contributed by atoms with Crippen molar-refractivity contribution < 1.29 is 270 Å². The Balaban J connectivity index is 0.00000888. The number of hydrogen-bond acceptors (Lipinski definition) is 27. The van der Waals surface area contributed by atoms with Crippen LogP contribution < -0.4 is 210 Å². The van der Waals surface area contributed by atoms with Gasteiger partial charge in [0.05, 0.1) is 74.7 Å². The van der Waals surface area contributed by atoms with E-state index in [0.717, 1.165) is 24.3 Å². The SMILES string of the molecule is N=C1C(S(=O)(=O)[O-])=CC2=CC(S(=O)(=O)[O-])=CC(=O)C2=C1NNc1ccc(NC(=O)Nc2ccc(NNC3=C4C(=O)C=C(S(=O)(=O)[O-])C=C4C=C(S(=O)(=O)[O-])C3=N)c(S(=O)(=O)[O-])c2)cc1S(=O)(=O)[O-].[Na+].[Na+].[Na+].[Na+].[Na+].[Na+]. The molecule has 2 aromatic rings. The van der Waals surface area contributed by atoms with Crippen molar-refractivity contribution in [2.45, 2.75) is 9.79 Å². The molecule has 41 heteroatoms. The summed E-state index contributed by atoms with van der Waals surface area (Å²) >= 11 is 0. The standard InChI is InChI=1S/C33H26N8O21S6.6Na/c34-29-25(67(57,58)59)7-13-5-17(63(45,46)47)11-21(42)27(13)31(29)40-38-19-3-1-15(9-23(19)65(51,52)53)36-33(44)37-16-2-4-20(24(10-16)66(54,55)56)39-41-32-28-14(8-26(30(32)35)68(60,61)62)6-18(12-22(28)43)64(48,49)50;;;;;;/h1-12,34-35,38-41H,(H2,36,37,44)(H,45,46,47)(H,48,49,50)(H,51,52,53)(H,54,55,56)(H,57,58,59)(H,60,61,62);;;;;;/q;6*+1/p-6. The molecule has 8 N–H and O–H groups in total. The summed E-state index contributed by atoms with van der Waals surface area (Å²) in [6.45, 7) is 0. The summed E-state index contributed by atoms with van der Waals surface area (Å²) in [5.41, 5.74) is -0.825. The molecule has 0 saturated heterocycles. The summed E-state index contributed by atoms with van der Waals surface area (Å²) in [6, 6.07) is 3.15. The first-order chi connectivity index (χ1) is 31.0. The maximum atomic E-state index is 13.0. The molecule has 0 heterocycles. The minimum atomic E-state index is -5.56. The van der Waals surface area contributed by atoms with Gasteiger partial charge in [0.1, 0.15) is 60.7 Å². The van der Waals surface area contributed by atoms with Crippen LogP contribution in [0.1, 0.15) is 0 Å². The van der Waals surface area contributed by atoms with Crippen LogP contribution >= 0.6 is 0 Å². The Kier molecular flexibility index (Phi) is 26.6. The molecule has 0 spiro atoms. The Morgan fingerprint density at radius 1 is 0.419 bits per heavy atom. The van der Waals surface area contributed by atoms with E-state index in [-0.39, 0.29) is 177 Å². The minimum Gasteiger partial charge on any atom is -0.744 e. The van der Waals surface area contributed by atoms with Crippen LogP contribution in [-0.4, -0.2) is 107 Å². The van der Waals surface area contributed by atoms with Gasteiger partial charge in [0.25, 0.3) is 0 Å². The van der Waals surface area contributed by atoms with E-state index in [1.165, 1.54) is 0 Å². The number of rotatable bonds is 14. The van der Waals surface area contributed by atoms with Crippen LogP contribution in [-0.2, 0) is 70.3 Å². The Morgan fingerprint density at radius 3 is 1.00 bits per heavy atom. The van der Waals surface area contributed by atoms with E-state index in [9.17, 15) is 92.2 Å². The Bertz CT molecular complexity index is 3540. The summed E-state index contributed by atoms with van der Waals surface area (Å²) in [5, 5.41) is 20.6. The van der Waals surface area contributed by atoms with Crippen molar-refractivity contribution in [2.24, 2.45) is 0 Å². The van der Waals surface area contributed by atoms with Gasteiger partial charge in [0.15, 0.2) is 11.6 Å². The second-order valence-electron chi connectivity index (χ2n) is 13.5. The van der Waals surface area contributed by atoms with Crippen LogP contribution in [0.4, 0.5) is 27.5 Å². The zero-order valence-corrected chi connectivity index (χ0v) is 55.3. The molecule has 4 aliphatic carbocycles. The van der Waals surface area contributed by atoms with E-state index < -0.39 is 176 Å². The third-order valence-corrected chi connectivity index (χ3v) is 14.2. The number of hydrazine groups is 2. The summed E-state index contributed by atoms with van der Waals surface area (Å²) < 4.78 is 215. The quantitative estimate of drug-likeness (QED) is 0.0495. The fourth-order valence-electron chi connectivity index (χ4n) is 6.21. The van der Waals surface area contributed by atoms with E-state index in [0.29, 0.717) is 48.6 Å². The van der Waals surface area contributed by atoms with Gasteiger partial charge < -0.3 is 38.0 Å². The van der Waals surface area contributed by atoms with Gasteiger partial charge in [-0.05, 0) is 71.8 Å². The van der Waals surface area contributed by atoms with Crippen LogP contribution in [0.2, 0.25) is 0 Å². The Labute approximate surface area is 552 Å². The van der Waals surface area contributed by atoms with Crippen molar-refractivity contribution in [3.63, 3.8) is 0 Å². The van der Waals surface area contributed by atoms with E-state index in [1.807, 2.05) is 0 Å². The average molecular weight is 1190 g/mol. The summed E-state index contributed by atoms with van der Waals surface area (Å²) in [6.07, 6.45) is 2.55. The van der Waals surface area contributed by atoms with Crippen LogP contribution in [0.15, 0.2) is 136 Å². The molecule has 6 rings (SSSR count). The van der Waals surface area contributed by atoms with Crippen LogP contribution in [0.25, 0.3) is 0 Å². The zero-order valence-electron chi connectivity index (χ0n) is 38.5. The van der Waals surface area contributed by atoms with Gasteiger partial charge in [0.2, 0.25) is 0 Å². The maximum Gasteiger partial charge on any atom is 1.00 e. The molecular formula is C33H20N8Na6O21S6. The van der Waals surface area contributed by atoms with E-state index >= 15 is 0 Å². The van der Waals surface area contributed by atoms with Gasteiger partial charge in [-0.3, -0.25) is 42.1 Å². The van der Waals surface area contributed by atoms with Gasteiger partial charge in [-0.25, -0.2) is 55.3 Å². The fraction of sp³-hybridized carbons (Fsp3) is 0. The summed E-state index contributed by atoms with van der Waals surface area (Å²) in [7, 11) is -32.9. The molecule has 4 aliphatic rings. The van der Waals surface area contributed by atoms with Crippen LogP contribution in [0.3, 0.4) is 0 Å². The van der Waals surface area contributed by atoms with Crippen molar-refractivity contribution in [1.82, 2.24) is 10.9 Å². The zero-order chi connectivity index (χ0) is 50.9. The van der Waals surface area contributed by atoms with Gasteiger partial charge in [-0.2, -0.15) is 0 Å². The van der Waals surface area contributed by atoms with Crippen molar-refractivity contribution in [3.8, 4) is 0 Å². The topological polar surface area (TPSA) is 514 Å². The maximum absolute atomic E-state index is 13.0. The number of allylic oxidation sites excluding steroid dienone is 12. The summed E-state index contributed by atoms with van der Waals surface area (Å²) in [5.74, 6) is -2.60. The second kappa shape index (κ2) is 27.0. The number of nitrogens with one attached hydrogen (secondary N) is 8. The van der Waals surface area contributed by atoms with E-state index in [2.05, 4.69) is 32.3 Å². The number of urea groups is 1. The van der Waals surface area contributed by atoms with Crippen LogP contribution in [0.5, 0.6) is 0 Å². The molecule has 29 nitrogen and oxygen atoms in total. The van der Waals surface area contributed by atoms with Gasteiger partial charge in [-0.1, -0.05) is 0 Å². The summed E-state index contributed by atoms with van der Waals surface area (Å²) in [4.78, 5) is 31.4. The second-order valence-corrected chi connectivity index (χ2v) is 21.7. The van der Waals surface area contributed by atoms with Crippen molar-refractivity contribution in [2.75, 3.05) is 21.5 Å². The smallest absolute Gasteiger partial charge is 0.744 e. The van der Waals surface area contributed by atoms with Gasteiger partial charge >= 0.3 is 183 Å². The number of ketones is 2. The first-order valence-corrected chi connectivity index (χ1v) is 25.7. The minimum absolute atomic E-state index is 0. The first-order valence-electron chi connectivity index (χ1n) is 17.3. The molecule has 2 amide bonds. The van der Waals surface area contributed by atoms with Crippen molar-refractivity contribution in [1.29, 1.82) is 10.8 Å².